The van der Waals surface area contributed by atoms with Crippen molar-refractivity contribution in [3.63, 3.8) is 0 Å². The first-order valence-electron chi connectivity index (χ1n) is 4.96. The minimum atomic E-state index is -0.428. The van der Waals surface area contributed by atoms with Gasteiger partial charge in [0.05, 0.1) is 5.69 Å². The summed E-state index contributed by atoms with van der Waals surface area (Å²) in [7, 11) is 0. The van der Waals surface area contributed by atoms with E-state index in [2.05, 4.69) is 42.8 Å². The monoisotopic (exact) mass is 209 g/mol. The van der Waals surface area contributed by atoms with Gasteiger partial charge in [-0.2, -0.15) is 0 Å². The van der Waals surface area contributed by atoms with E-state index in [9.17, 15) is 4.79 Å². The van der Waals surface area contributed by atoms with Crippen LogP contribution in [0.5, 0.6) is 0 Å². The third-order valence-electron chi connectivity index (χ3n) is 1.68. The maximum Gasteiger partial charge on any atom is 0.416 e. The van der Waals surface area contributed by atoms with Gasteiger partial charge >= 0.3 is 5.76 Å². The number of aryl methyl sites for hydroxylation is 1. The van der Waals surface area contributed by atoms with Crippen molar-refractivity contribution in [2.45, 2.75) is 34.1 Å². The Balaban J connectivity index is 0.000000288. The van der Waals surface area contributed by atoms with Gasteiger partial charge in [0.2, 0.25) is 0 Å². The molecule has 0 atom stereocenters. The van der Waals surface area contributed by atoms with Gasteiger partial charge in [0.1, 0.15) is 5.76 Å². The number of aromatic nitrogens is 1. The van der Waals surface area contributed by atoms with Crippen LogP contribution in [-0.4, -0.2) is 4.98 Å². The van der Waals surface area contributed by atoms with Crippen LogP contribution >= 0.6 is 0 Å². The molecule has 0 aliphatic rings. The third-order valence-corrected chi connectivity index (χ3v) is 1.68. The van der Waals surface area contributed by atoms with E-state index in [0.717, 1.165) is 0 Å². The molecule has 1 aromatic rings. The van der Waals surface area contributed by atoms with E-state index < -0.39 is 5.76 Å². The summed E-state index contributed by atoms with van der Waals surface area (Å²) >= 11 is 0. The van der Waals surface area contributed by atoms with Crippen molar-refractivity contribution in [3.05, 3.63) is 40.2 Å². The summed E-state index contributed by atoms with van der Waals surface area (Å²) in [6, 6.07) is 0. The molecule has 1 rings (SSSR count). The Labute approximate surface area is 90.5 Å². The van der Waals surface area contributed by atoms with E-state index in [0.29, 0.717) is 11.5 Å². The Morgan fingerprint density at radius 2 is 2.13 bits per heavy atom. The summed E-state index contributed by atoms with van der Waals surface area (Å²) in [4.78, 5) is 12.9. The van der Waals surface area contributed by atoms with Gasteiger partial charge in [0.25, 0.3) is 0 Å². The normalized spacial score (nSPS) is 8.80. The Kier molecular flexibility index (Phi) is 6.18. The first-order valence-corrected chi connectivity index (χ1v) is 4.96. The summed E-state index contributed by atoms with van der Waals surface area (Å²) in [5.74, 6) is 0.150. The van der Waals surface area contributed by atoms with E-state index in [1.165, 1.54) is 12.0 Å². The summed E-state index contributed by atoms with van der Waals surface area (Å²) in [5.41, 5.74) is 2.07. The van der Waals surface area contributed by atoms with Crippen molar-refractivity contribution in [2.75, 3.05) is 0 Å². The molecule has 1 aromatic heterocycles. The highest BCUT2D eigenvalue weighted by atomic mass is 16.4. The minimum Gasteiger partial charge on any atom is -0.413 e. The molecule has 0 saturated heterocycles. The van der Waals surface area contributed by atoms with E-state index in [-0.39, 0.29) is 0 Å². The van der Waals surface area contributed by atoms with Crippen LogP contribution in [0.3, 0.4) is 0 Å². The van der Waals surface area contributed by atoms with Crippen LogP contribution in [0.25, 0.3) is 6.08 Å². The quantitative estimate of drug-likeness (QED) is 0.760. The number of oxazole rings is 1. The van der Waals surface area contributed by atoms with E-state index >= 15 is 0 Å². The van der Waals surface area contributed by atoms with E-state index in [1.54, 1.807) is 13.0 Å². The van der Waals surface area contributed by atoms with Crippen LogP contribution < -0.4 is 5.76 Å². The second-order valence-electron chi connectivity index (χ2n) is 3.38. The van der Waals surface area contributed by atoms with Gasteiger partial charge in [-0.1, -0.05) is 25.2 Å². The lowest BCUT2D eigenvalue weighted by Crippen LogP contribution is -1.94. The lowest BCUT2D eigenvalue weighted by atomic mass is 10.3. The highest BCUT2D eigenvalue weighted by Gasteiger charge is 1.97. The predicted molar refractivity (Wildman–Crippen MR) is 63.9 cm³/mol. The van der Waals surface area contributed by atoms with Crippen molar-refractivity contribution in [3.8, 4) is 0 Å². The molecule has 3 nitrogen and oxygen atoms in total. The Morgan fingerprint density at radius 1 is 1.53 bits per heavy atom. The van der Waals surface area contributed by atoms with Crippen LogP contribution in [0.1, 0.15) is 38.6 Å². The largest absolute Gasteiger partial charge is 0.416 e. The molecule has 0 amide bonds. The number of rotatable bonds is 2. The molecule has 0 aliphatic heterocycles. The van der Waals surface area contributed by atoms with Crippen LogP contribution in [0.4, 0.5) is 0 Å². The van der Waals surface area contributed by atoms with Crippen LogP contribution in [-0.2, 0) is 0 Å². The zero-order chi connectivity index (χ0) is 11.8. The maximum atomic E-state index is 10.4. The second kappa shape index (κ2) is 6.87. The molecule has 0 saturated carbocycles. The average Bonchev–Trinajstić information content (AvgIpc) is 2.45. The van der Waals surface area contributed by atoms with Crippen molar-refractivity contribution < 1.29 is 4.42 Å². The molecule has 1 N–H and O–H groups in total. The van der Waals surface area contributed by atoms with Crippen molar-refractivity contribution >= 4 is 6.08 Å². The van der Waals surface area contributed by atoms with Gasteiger partial charge in [-0.25, -0.2) is 4.79 Å². The minimum absolute atomic E-state index is 0.428. The Morgan fingerprint density at radius 3 is 2.27 bits per heavy atom. The number of hydrogen-bond donors (Lipinski definition) is 1. The molecule has 84 valence electrons. The predicted octanol–water partition coefficient (Wildman–Crippen LogP) is 3.28. The maximum absolute atomic E-state index is 10.4. The summed E-state index contributed by atoms with van der Waals surface area (Å²) in [5, 5.41) is 0. The van der Waals surface area contributed by atoms with Gasteiger partial charge in [-0.3, -0.25) is 4.98 Å². The first-order chi connectivity index (χ1) is 7.01. The topological polar surface area (TPSA) is 46.0 Å². The first kappa shape index (κ1) is 13.5. The number of allylic oxidation sites excluding steroid dienone is 2. The second-order valence-corrected chi connectivity index (χ2v) is 3.38. The zero-order valence-electron chi connectivity index (χ0n) is 9.89. The van der Waals surface area contributed by atoms with Gasteiger partial charge < -0.3 is 4.42 Å². The fourth-order valence-corrected chi connectivity index (χ4v) is 1.02. The molecular weight excluding hydrogens is 190 g/mol. The number of nitrogens with one attached hydrogen (secondary N) is 1. The highest BCUT2D eigenvalue weighted by Crippen LogP contribution is 2.00. The molecule has 0 fully saturated rings. The van der Waals surface area contributed by atoms with Gasteiger partial charge in [-0.05, 0) is 33.3 Å². The van der Waals surface area contributed by atoms with Crippen LogP contribution in [0, 0.1) is 6.92 Å². The molecule has 1 heterocycles. The van der Waals surface area contributed by atoms with Crippen LogP contribution in [0.2, 0.25) is 0 Å². The summed E-state index contributed by atoms with van der Waals surface area (Å²) in [6.07, 6.45) is 4.92. The molecule has 0 aromatic carbocycles. The molecule has 3 heteroatoms. The molecule has 0 aliphatic carbocycles. The molecule has 15 heavy (non-hydrogen) atoms. The average molecular weight is 209 g/mol. The molecule has 0 spiro atoms. The highest BCUT2D eigenvalue weighted by molar-refractivity contribution is 5.42. The molecule has 0 radical (unpaired) electrons. The SMILES string of the molecule is C=Cc1[nH]c(=O)oc1C.CCC=C(C)C. The zero-order valence-corrected chi connectivity index (χ0v) is 9.89. The molecule has 0 unspecified atom stereocenters. The number of H-pyrrole nitrogens is 1. The lowest BCUT2D eigenvalue weighted by Gasteiger charge is -1.80. The van der Waals surface area contributed by atoms with Gasteiger partial charge in [-0.15, -0.1) is 0 Å². The van der Waals surface area contributed by atoms with Crippen molar-refractivity contribution in [1.29, 1.82) is 0 Å². The fourth-order valence-electron chi connectivity index (χ4n) is 1.02. The van der Waals surface area contributed by atoms with Crippen molar-refractivity contribution in [1.82, 2.24) is 4.98 Å². The summed E-state index contributed by atoms with van der Waals surface area (Å²) in [6.45, 7) is 11.6. The molecular formula is C12H19NO2. The number of aromatic amines is 1. The van der Waals surface area contributed by atoms with E-state index in [4.69, 9.17) is 0 Å². The van der Waals surface area contributed by atoms with Gasteiger partial charge in [0, 0.05) is 0 Å². The third kappa shape index (κ3) is 5.73. The lowest BCUT2D eigenvalue weighted by molar-refractivity contribution is 0.488. The smallest absolute Gasteiger partial charge is 0.413 e. The fraction of sp³-hybridized carbons (Fsp3) is 0.417. The molecule has 0 bridgehead atoms. The van der Waals surface area contributed by atoms with Crippen LogP contribution in [0.15, 0.2) is 27.4 Å². The van der Waals surface area contributed by atoms with E-state index in [1.807, 2.05) is 0 Å². The Hall–Kier alpha value is -1.51. The Bertz CT molecular complexity index is 379. The summed E-state index contributed by atoms with van der Waals surface area (Å²) < 4.78 is 4.62. The standard InChI is InChI=1S/C6H7NO2.C6H12/c1-3-5-4(2)9-6(8)7-5;1-4-5-6(2)3/h3H,1H2,2H3,(H,7,8);5H,4H2,1-3H3. The van der Waals surface area contributed by atoms with Crippen molar-refractivity contribution in [2.24, 2.45) is 0 Å². The number of hydrogen-bond acceptors (Lipinski definition) is 2. The van der Waals surface area contributed by atoms with Gasteiger partial charge in [0.15, 0.2) is 0 Å².